The quantitative estimate of drug-likeness (QED) is 0.601. The summed E-state index contributed by atoms with van der Waals surface area (Å²) in [6.45, 7) is 4.99. The number of rotatable bonds is 5. The summed E-state index contributed by atoms with van der Waals surface area (Å²) in [4.78, 5) is 27.8. The molecule has 0 aliphatic carbocycles. The molecule has 29 heavy (non-hydrogen) atoms. The number of aliphatic hydroxyl groups excluding tert-OH is 1. The van der Waals surface area contributed by atoms with E-state index >= 15 is 0 Å². The van der Waals surface area contributed by atoms with Crippen LogP contribution in [-0.4, -0.2) is 32.6 Å². The van der Waals surface area contributed by atoms with Gasteiger partial charge in [-0.05, 0) is 57.0 Å². The van der Waals surface area contributed by atoms with E-state index in [-0.39, 0.29) is 12.0 Å². The lowest BCUT2D eigenvalue weighted by molar-refractivity contribution is -0.767. The van der Waals surface area contributed by atoms with Gasteiger partial charge in [-0.1, -0.05) is 0 Å². The average molecular weight is 399 g/mol. The highest BCUT2D eigenvalue weighted by Gasteiger charge is 2.44. The summed E-state index contributed by atoms with van der Waals surface area (Å²) in [7, 11) is 0. The molecule has 9 heteroatoms. The van der Waals surface area contributed by atoms with Crippen molar-refractivity contribution in [1.29, 1.82) is 5.26 Å². The van der Waals surface area contributed by atoms with E-state index in [0.29, 0.717) is 22.4 Å². The minimum absolute atomic E-state index is 0.189. The van der Waals surface area contributed by atoms with Crippen LogP contribution in [0, 0.1) is 21.4 Å². The monoisotopic (exact) mass is 399 g/mol. The largest absolute Gasteiger partial charge is 0.485 e. The van der Waals surface area contributed by atoms with Crippen molar-refractivity contribution in [1.82, 2.24) is 4.57 Å². The van der Waals surface area contributed by atoms with Crippen LogP contribution in [-0.2, 0) is 11.3 Å². The standard InChI is InChI=1S/C20H21N3O6/c1-12(29-23(26)27)8-13-6-7-22(17(24)10-13)18-15-9-14(11-21)4-5-16(15)28-20(2,3)19(18)25/h4-7,9-10,12,18-19,25H,8H2,1-3H3/t12?,18-,19+/m1/s1. The highest BCUT2D eigenvalue weighted by Crippen LogP contribution is 2.41. The summed E-state index contributed by atoms with van der Waals surface area (Å²) in [5, 5.41) is 29.7. The highest BCUT2D eigenvalue weighted by atomic mass is 17.0. The zero-order valence-electron chi connectivity index (χ0n) is 16.2. The zero-order valence-corrected chi connectivity index (χ0v) is 16.2. The number of ether oxygens (including phenoxy) is 1. The molecule has 0 spiro atoms. The maximum absolute atomic E-state index is 12.8. The van der Waals surface area contributed by atoms with Gasteiger partial charge in [0, 0.05) is 17.8 Å². The van der Waals surface area contributed by atoms with Gasteiger partial charge >= 0.3 is 0 Å². The maximum Gasteiger partial charge on any atom is 0.294 e. The first-order valence-corrected chi connectivity index (χ1v) is 9.05. The first-order chi connectivity index (χ1) is 13.6. The smallest absolute Gasteiger partial charge is 0.294 e. The third-order valence-corrected chi connectivity index (χ3v) is 4.94. The molecule has 1 aromatic carbocycles. The van der Waals surface area contributed by atoms with Gasteiger partial charge in [0.15, 0.2) is 0 Å². The van der Waals surface area contributed by atoms with Crippen LogP contribution >= 0.6 is 0 Å². The highest BCUT2D eigenvalue weighted by molar-refractivity contribution is 5.46. The Labute approximate surface area is 166 Å². The molecule has 0 bridgehead atoms. The molecule has 1 aliphatic heterocycles. The predicted octanol–water partition coefficient (Wildman–Crippen LogP) is 1.98. The molecular weight excluding hydrogens is 378 g/mol. The number of pyridine rings is 1. The number of fused-ring (bicyclic) bond motifs is 1. The molecule has 1 aromatic heterocycles. The summed E-state index contributed by atoms with van der Waals surface area (Å²) in [5.41, 5.74) is 0.159. The molecule has 1 unspecified atom stereocenters. The van der Waals surface area contributed by atoms with Crippen molar-refractivity contribution in [2.45, 2.75) is 51.0 Å². The fourth-order valence-electron chi connectivity index (χ4n) is 3.54. The lowest BCUT2D eigenvalue weighted by Crippen LogP contribution is -2.52. The van der Waals surface area contributed by atoms with E-state index < -0.39 is 28.9 Å². The Balaban J connectivity index is 2.02. The van der Waals surface area contributed by atoms with Gasteiger partial charge in [0.2, 0.25) is 0 Å². The van der Waals surface area contributed by atoms with Gasteiger partial charge in [0.25, 0.3) is 10.6 Å². The molecule has 1 aliphatic rings. The van der Waals surface area contributed by atoms with Crippen LogP contribution in [0.2, 0.25) is 0 Å². The van der Waals surface area contributed by atoms with E-state index in [9.17, 15) is 25.3 Å². The third-order valence-electron chi connectivity index (χ3n) is 4.94. The Morgan fingerprint density at radius 2 is 2.14 bits per heavy atom. The van der Waals surface area contributed by atoms with Crippen molar-refractivity contribution in [3.63, 3.8) is 0 Å². The van der Waals surface area contributed by atoms with E-state index in [1.807, 2.05) is 0 Å². The number of aromatic nitrogens is 1. The summed E-state index contributed by atoms with van der Waals surface area (Å²) < 4.78 is 7.27. The molecule has 1 N–H and O–H groups in total. The van der Waals surface area contributed by atoms with Crippen molar-refractivity contribution in [2.75, 3.05) is 0 Å². The number of nitrogens with zero attached hydrogens (tertiary/aromatic N) is 3. The molecule has 3 rings (SSSR count). The lowest BCUT2D eigenvalue weighted by atomic mass is 9.85. The van der Waals surface area contributed by atoms with Gasteiger partial charge in [-0.3, -0.25) is 4.79 Å². The molecule has 0 fully saturated rings. The minimum atomic E-state index is -1.05. The molecule has 0 saturated carbocycles. The molecule has 0 amide bonds. The molecule has 2 heterocycles. The lowest BCUT2D eigenvalue weighted by Gasteiger charge is -2.42. The first-order valence-electron chi connectivity index (χ1n) is 9.05. The number of hydrogen-bond acceptors (Lipinski definition) is 7. The second kappa shape index (κ2) is 7.56. The van der Waals surface area contributed by atoms with Gasteiger partial charge in [0.05, 0.1) is 17.7 Å². The van der Waals surface area contributed by atoms with Gasteiger partial charge < -0.3 is 19.2 Å². The summed E-state index contributed by atoms with van der Waals surface area (Å²) >= 11 is 0. The van der Waals surface area contributed by atoms with Crippen LogP contribution in [0.25, 0.3) is 0 Å². The van der Waals surface area contributed by atoms with Crippen molar-refractivity contribution in [2.24, 2.45) is 0 Å². The maximum atomic E-state index is 12.8. The van der Waals surface area contributed by atoms with Crippen molar-refractivity contribution < 1.29 is 19.8 Å². The fraction of sp³-hybridized carbons (Fsp3) is 0.400. The van der Waals surface area contributed by atoms with E-state index in [2.05, 4.69) is 10.9 Å². The first kappa shape index (κ1) is 20.4. The van der Waals surface area contributed by atoms with Crippen LogP contribution in [0.5, 0.6) is 5.75 Å². The third kappa shape index (κ3) is 4.07. The molecular formula is C20H21N3O6. The molecule has 3 atom stereocenters. The van der Waals surface area contributed by atoms with E-state index in [1.54, 1.807) is 45.0 Å². The Kier molecular flexibility index (Phi) is 5.31. The average Bonchev–Trinajstić information content (AvgIpc) is 2.62. The second-order valence-electron chi connectivity index (χ2n) is 7.58. The fourth-order valence-corrected chi connectivity index (χ4v) is 3.54. The Hall–Kier alpha value is -3.38. The Morgan fingerprint density at radius 1 is 1.41 bits per heavy atom. The van der Waals surface area contributed by atoms with Crippen molar-refractivity contribution >= 4 is 0 Å². The molecule has 9 nitrogen and oxygen atoms in total. The molecule has 152 valence electrons. The summed E-state index contributed by atoms with van der Waals surface area (Å²) in [6, 6.07) is 9.20. The Morgan fingerprint density at radius 3 is 2.76 bits per heavy atom. The van der Waals surface area contributed by atoms with Gasteiger partial charge in [-0.25, -0.2) is 0 Å². The molecule has 0 saturated heterocycles. The number of aliphatic hydroxyl groups is 1. The van der Waals surface area contributed by atoms with Crippen LogP contribution < -0.4 is 10.3 Å². The summed E-state index contributed by atoms with van der Waals surface area (Å²) in [6.07, 6.45) is -0.0288. The van der Waals surface area contributed by atoms with E-state index in [0.717, 1.165) is 0 Å². The van der Waals surface area contributed by atoms with Crippen LogP contribution in [0.3, 0.4) is 0 Å². The molecule has 0 radical (unpaired) electrons. The normalized spacial score (nSPS) is 20.7. The predicted molar refractivity (Wildman–Crippen MR) is 102 cm³/mol. The van der Waals surface area contributed by atoms with Crippen LogP contribution in [0.15, 0.2) is 41.3 Å². The molecule has 2 aromatic rings. The second-order valence-corrected chi connectivity index (χ2v) is 7.58. The van der Waals surface area contributed by atoms with Gasteiger partial charge in [-0.15, -0.1) is 10.1 Å². The van der Waals surface area contributed by atoms with Crippen LogP contribution in [0.4, 0.5) is 0 Å². The number of nitriles is 1. The SMILES string of the molecule is CC(Cc1ccn([C@@H]2c3cc(C#N)ccc3OC(C)(C)[C@H]2O)c(=O)c1)O[N+](=O)[O-]. The zero-order chi connectivity index (χ0) is 21.3. The van der Waals surface area contributed by atoms with Gasteiger partial charge in [-0.2, -0.15) is 5.26 Å². The Bertz CT molecular complexity index is 1040. The number of benzene rings is 1. The van der Waals surface area contributed by atoms with E-state index in [4.69, 9.17) is 4.74 Å². The van der Waals surface area contributed by atoms with Crippen molar-refractivity contribution in [3.8, 4) is 11.8 Å². The van der Waals surface area contributed by atoms with E-state index in [1.165, 1.54) is 16.8 Å². The topological polar surface area (TPSA) is 128 Å². The summed E-state index contributed by atoms with van der Waals surface area (Å²) in [5.74, 6) is 0.494. The van der Waals surface area contributed by atoms with Crippen LogP contribution in [0.1, 0.15) is 43.5 Å². The number of hydrogen-bond donors (Lipinski definition) is 1. The van der Waals surface area contributed by atoms with Crippen molar-refractivity contribution in [3.05, 3.63) is 73.7 Å². The van der Waals surface area contributed by atoms with Gasteiger partial charge in [0.1, 0.15) is 23.6 Å². The minimum Gasteiger partial charge on any atom is -0.485 e.